The van der Waals surface area contributed by atoms with E-state index in [0.29, 0.717) is 25.2 Å². The molecule has 3 aliphatic rings. The zero-order chi connectivity index (χ0) is 20.8. The van der Waals surface area contributed by atoms with Gasteiger partial charge in [0.15, 0.2) is 0 Å². The second-order valence-electron chi connectivity index (χ2n) is 8.08. The van der Waals surface area contributed by atoms with Gasteiger partial charge in [0, 0.05) is 30.7 Å². The van der Waals surface area contributed by atoms with Gasteiger partial charge in [-0.25, -0.2) is 4.79 Å². The molecule has 0 aliphatic carbocycles. The molecule has 30 heavy (non-hydrogen) atoms. The molecule has 2 aromatic rings. The summed E-state index contributed by atoms with van der Waals surface area (Å²) in [4.78, 5) is 31.8. The Morgan fingerprint density at radius 1 is 1.07 bits per heavy atom. The third-order valence-electron chi connectivity index (χ3n) is 6.44. The normalized spacial score (nSPS) is 22.9. The fourth-order valence-electron chi connectivity index (χ4n) is 4.81. The van der Waals surface area contributed by atoms with Crippen molar-refractivity contribution in [2.75, 3.05) is 31.1 Å². The van der Waals surface area contributed by atoms with Crippen molar-refractivity contribution < 1.29 is 14.3 Å². The fraction of sp³-hybridized carbons (Fsp3) is 0.391. The maximum atomic E-state index is 13.4. The molecule has 0 unspecified atom stereocenters. The first-order valence-corrected chi connectivity index (χ1v) is 11.2. The third-order valence-corrected chi connectivity index (χ3v) is 6.94. The molecule has 0 saturated carbocycles. The molecule has 156 valence electrons. The molecule has 5 rings (SSSR count). The molecule has 0 radical (unpaired) electrons. The second kappa shape index (κ2) is 7.61. The number of nitrogens with zero attached hydrogens (tertiary/aromatic N) is 3. The van der Waals surface area contributed by atoms with Crippen LogP contribution in [0.25, 0.3) is 0 Å². The van der Waals surface area contributed by atoms with Crippen molar-refractivity contribution in [1.82, 2.24) is 9.80 Å². The van der Waals surface area contributed by atoms with Crippen LogP contribution in [0.5, 0.6) is 0 Å². The average molecular weight is 470 g/mol. The molecule has 2 atom stereocenters. The van der Waals surface area contributed by atoms with E-state index >= 15 is 0 Å². The van der Waals surface area contributed by atoms with Gasteiger partial charge in [-0.05, 0) is 42.7 Å². The number of likely N-dealkylation sites (N-methyl/N-ethyl adjacent to an activating group) is 1. The van der Waals surface area contributed by atoms with Crippen LogP contribution in [0, 0.1) is 0 Å². The minimum Gasteiger partial charge on any atom is -0.442 e. The van der Waals surface area contributed by atoms with Gasteiger partial charge in [-0.2, -0.15) is 0 Å². The summed E-state index contributed by atoms with van der Waals surface area (Å²) < 4.78 is 6.72. The third kappa shape index (κ3) is 3.25. The van der Waals surface area contributed by atoms with Gasteiger partial charge in [-0.15, -0.1) is 0 Å². The van der Waals surface area contributed by atoms with E-state index in [9.17, 15) is 9.59 Å². The number of rotatable bonds is 3. The molecule has 2 aromatic carbocycles. The summed E-state index contributed by atoms with van der Waals surface area (Å²) in [6.07, 6.45) is 0.169. The highest BCUT2D eigenvalue weighted by molar-refractivity contribution is 9.10. The van der Waals surface area contributed by atoms with Crippen LogP contribution in [0.1, 0.15) is 28.4 Å². The molecule has 1 saturated heterocycles. The van der Waals surface area contributed by atoms with Gasteiger partial charge in [0.1, 0.15) is 6.10 Å². The fourth-order valence-corrected chi connectivity index (χ4v) is 5.16. The van der Waals surface area contributed by atoms with Crippen molar-refractivity contribution in [3.63, 3.8) is 0 Å². The van der Waals surface area contributed by atoms with Crippen LogP contribution in [-0.4, -0.2) is 60.1 Å². The molecule has 0 aromatic heterocycles. The van der Waals surface area contributed by atoms with Crippen LogP contribution in [0.2, 0.25) is 0 Å². The Kier molecular flexibility index (Phi) is 4.93. The number of fused-ring (bicyclic) bond motifs is 3. The number of cyclic esters (lactones) is 1. The van der Waals surface area contributed by atoms with Gasteiger partial charge < -0.3 is 14.5 Å². The number of carbonyl (C=O) groups is 2. The van der Waals surface area contributed by atoms with Crippen LogP contribution >= 0.6 is 15.9 Å². The highest BCUT2D eigenvalue weighted by Gasteiger charge is 2.45. The van der Waals surface area contributed by atoms with Crippen molar-refractivity contribution in [2.45, 2.75) is 32.0 Å². The summed E-state index contributed by atoms with van der Waals surface area (Å²) in [5.74, 6) is -0.000779. The first-order chi connectivity index (χ1) is 14.5. The summed E-state index contributed by atoms with van der Waals surface area (Å²) in [6.45, 7) is 5.28. The molecule has 1 fully saturated rings. The van der Waals surface area contributed by atoms with Gasteiger partial charge in [-0.3, -0.25) is 9.69 Å². The van der Waals surface area contributed by atoms with Gasteiger partial charge in [0.25, 0.3) is 5.91 Å². The van der Waals surface area contributed by atoms with Gasteiger partial charge in [0.2, 0.25) is 0 Å². The van der Waals surface area contributed by atoms with E-state index in [-0.39, 0.29) is 24.1 Å². The van der Waals surface area contributed by atoms with E-state index < -0.39 is 0 Å². The Labute approximate surface area is 184 Å². The summed E-state index contributed by atoms with van der Waals surface area (Å²) in [7, 11) is 0. The number of carbonyl (C=O) groups excluding carboxylic acids is 2. The number of amides is 2. The predicted octanol–water partition coefficient (Wildman–Crippen LogP) is 3.68. The van der Waals surface area contributed by atoms with Crippen LogP contribution in [-0.2, 0) is 17.7 Å². The van der Waals surface area contributed by atoms with Crippen molar-refractivity contribution in [1.29, 1.82) is 0 Å². The topological polar surface area (TPSA) is 53.1 Å². The predicted molar refractivity (Wildman–Crippen MR) is 118 cm³/mol. The van der Waals surface area contributed by atoms with Crippen molar-refractivity contribution in [3.8, 4) is 0 Å². The van der Waals surface area contributed by atoms with Crippen LogP contribution < -0.4 is 4.90 Å². The number of hydrogen-bond donors (Lipinski definition) is 0. The lowest BCUT2D eigenvalue weighted by Gasteiger charge is -2.32. The van der Waals surface area contributed by atoms with Gasteiger partial charge >= 0.3 is 6.09 Å². The minimum atomic E-state index is -0.318. The number of halogens is 1. The molecule has 3 aliphatic heterocycles. The Hall–Kier alpha value is -2.54. The van der Waals surface area contributed by atoms with E-state index in [2.05, 4.69) is 39.9 Å². The molecule has 0 spiro atoms. The summed E-state index contributed by atoms with van der Waals surface area (Å²) in [5.41, 5.74) is 4.09. The van der Waals surface area contributed by atoms with Crippen LogP contribution in [0.4, 0.5) is 10.5 Å². The first kappa shape index (κ1) is 19.4. The molecular formula is C23H24BrN3O3. The van der Waals surface area contributed by atoms with Gasteiger partial charge in [0.05, 0.1) is 23.8 Å². The Bertz CT molecular complexity index is 1010. The number of ether oxygens (including phenoxy) is 1. The smallest absolute Gasteiger partial charge is 0.410 e. The van der Waals surface area contributed by atoms with E-state index in [1.165, 1.54) is 11.1 Å². The average Bonchev–Trinajstić information content (AvgIpc) is 2.98. The number of hydrogen-bond acceptors (Lipinski definition) is 4. The van der Waals surface area contributed by atoms with E-state index in [1.807, 2.05) is 40.1 Å². The molecule has 6 nitrogen and oxygen atoms in total. The number of benzene rings is 2. The Morgan fingerprint density at radius 3 is 2.63 bits per heavy atom. The molecule has 2 amide bonds. The lowest BCUT2D eigenvalue weighted by Crippen LogP contribution is -2.47. The molecule has 0 bridgehead atoms. The quantitative estimate of drug-likeness (QED) is 0.687. The highest BCUT2D eigenvalue weighted by atomic mass is 79.9. The zero-order valence-corrected chi connectivity index (χ0v) is 18.5. The minimum absolute atomic E-state index is 0.000779. The van der Waals surface area contributed by atoms with Gasteiger partial charge in [-0.1, -0.05) is 40.2 Å². The monoisotopic (exact) mass is 469 g/mol. The lowest BCUT2D eigenvalue weighted by atomic mass is 9.92. The molecular weight excluding hydrogens is 446 g/mol. The maximum Gasteiger partial charge on any atom is 0.410 e. The highest BCUT2D eigenvalue weighted by Crippen LogP contribution is 2.33. The summed E-state index contributed by atoms with van der Waals surface area (Å²) in [6, 6.07) is 14.0. The van der Waals surface area contributed by atoms with E-state index in [1.54, 1.807) is 0 Å². The molecule has 3 heterocycles. The molecule has 0 N–H and O–H groups in total. The van der Waals surface area contributed by atoms with E-state index in [0.717, 1.165) is 29.7 Å². The lowest BCUT2D eigenvalue weighted by molar-refractivity contribution is 0.0616. The molecule has 7 heteroatoms. The SMILES string of the molecule is CCN1CCN(C[C@H]2OC(=O)N3Cc4ccccc4C[C@@H]23)C(=O)c2ccc(Br)cc21. The first-order valence-electron chi connectivity index (χ1n) is 10.4. The Balaban J connectivity index is 1.40. The van der Waals surface area contributed by atoms with Crippen LogP contribution in [0.15, 0.2) is 46.9 Å². The standard InChI is InChI=1S/C23H24BrN3O3/c1-2-25-9-10-26(22(28)18-8-7-17(24)12-19(18)25)14-21-20-11-15-5-3-4-6-16(15)13-27(20)23(29)30-21/h3-8,12,20-21H,2,9-11,13-14H2,1H3/t20-,21+/m0/s1. The Morgan fingerprint density at radius 2 is 1.83 bits per heavy atom. The maximum absolute atomic E-state index is 13.4. The van der Waals surface area contributed by atoms with Crippen molar-refractivity contribution in [2.24, 2.45) is 0 Å². The number of anilines is 1. The summed E-state index contributed by atoms with van der Waals surface area (Å²) in [5, 5.41) is 0. The van der Waals surface area contributed by atoms with Crippen molar-refractivity contribution in [3.05, 3.63) is 63.6 Å². The largest absolute Gasteiger partial charge is 0.442 e. The summed E-state index contributed by atoms with van der Waals surface area (Å²) >= 11 is 3.52. The van der Waals surface area contributed by atoms with Crippen LogP contribution in [0.3, 0.4) is 0 Å². The van der Waals surface area contributed by atoms with E-state index in [4.69, 9.17) is 4.74 Å². The van der Waals surface area contributed by atoms with Crippen molar-refractivity contribution >= 4 is 33.6 Å². The second-order valence-corrected chi connectivity index (χ2v) is 9.00. The zero-order valence-electron chi connectivity index (χ0n) is 16.9.